The molecule has 0 bridgehead atoms. The van der Waals surface area contributed by atoms with E-state index in [1.807, 2.05) is 0 Å². The molecular weight excluding hydrogens is 236 g/mol. The molecule has 1 aliphatic heterocycles. The molecule has 3 heteroatoms. The van der Waals surface area contributed by atoms with Gasteiger partial charge in [-0.15, -0.1) is 0 Å². The summed E-state index contributed by atoms with van der Waals surface area (Å²) in [5, 5.41) is 3.29. The molecule has 2 fully saturated rings. The van der Waals surface area contributed by atoms with Gasteiger partial charge in [0, 0.05) is 18.5 Å². The number of amides is 1. The van der Waals surface area contributed by atoms with E-state index in [1.54, 1.807) is 0 Å². The Kier molecular flexibility index (Phi) is 5.68. The van der Waals surface area contributed by atoms with E-state index in [1.165, 1.54) is 38.6 Å². The molecule has 1 aliphatic carbocycles. The van der Waals surface area contributed by atoms with Crippen molar-refractivity contribution in [1.82, 2.24) is 10.2 Å². The number of piperidine rings is 1. The van der Waals surface area contributed by atoms with E-state index in [2.05, 4.69) is 24.1 Å². The highest BCUT2D eigenvalue weighted by Gasteiger charge is 2.26. The van der Waals surface area contributed by atoms with Crippen molar-refractivity contribution in [3.05, 3.63) is 0 Å². The first-order valence-electron chi connectivity index (χ1n) is 8.18. The normalized spacial score (nSPS) is 23.7. The minimum Gasteiger partial charge on any atom is -0.353 e. The van der Waals surface area contributed by atoms with Gasteiger partial charge in [0.05, 0.1) is 0 Å². The summed E-state index contributed by atoms with van der Waals surface area (Å²) in [6.07, 6.45) is 8.40. The Labute approximate surface area is 118 Å². The number of nitrogens with zero attached hydrogens (tertiary/aromatic N) is 1. The molecule has 1 saturated heterocycles. The van der Waals surface area contributed by atoms with Crippen molar-refractivity contribution < 1.29 is 4.79 Å². The molecule has 110 valence electrons. The Bertz CT molecular complexity index is 276. The van der Waals surface area contributed by atoms with E-state index in [9.17, 15) is 4.79 Å². The molecule has 1 heterocycles. The van der Waals surface area contributed by atoms with Crippen LogP contribution in [0.3, 0.4) is 0 Å². The van der Waals surface area contributed by atoms with Crippen LogP contribution in [0.1, 0.15) is 58.8 Å². The zero-order valence-corrected chi connectivity index (χ0v) is 12.7. The van der Waals surface area contributed by atoms with E-state index in [0.717, 1.165) is 31.8 Å². The van der Waals surface area contributed by atoms with Crippen molar-refractivity contribution >= 4 is 5.91 Å². The molecule has 0 spiro atoms. The zero-order valence-electron chi connectivity index (χ0n) is 12.7. The lowest BCUT2D eigenvalue weighted by molar-refractivity contribution is -0.127. The molecule has 0 radical (unpaired) electrons. The third-order valence-electron chi connectivity index (χ3n) is 4.53. The third kappa shape index (κ3) is 4.79. The van der Waals surface area contributed by atoms with Gasteiger partial charge in [0.2, 0.25) is 5.91 Å². The highest BCUT2D eigenvalue weighted by Crippen LogP contribution is 2.21. The molecule has 2 aliphatic rings. The summed E-state index contributed by atoms with van der Waals surface area (Å²) in [6.45, 7) is 7.91. The zero-order chi connectivity index (χ0) is 13.7. The fourth-order valence-corrected chi connectivity index (χ4v) is 3.46. The van der Waals surface area contributed by atoms with Crippen molar-refractivity contribution in [3.8, 4) is 0 Å². The van der Waals surface area contributed by atoms with Gasteiger partial charge < -0.3 is 10.2 Å². The smallest absolute Gasteiger partial charge is 0.223 e. The lowest BCUT2D eigenvalue weighted by atomic mass is 9.92. The second-order valence-electron chi connectivity index (χ2n) is 6.81. The van der Waals surface area contributed by atoms with Gasteiger partial charge in [-0.3, -0.25) is 4.79 Å². The molecule has 1 saturated carbocycles. The van der Waals surface area contributed by atoms with Gasteiger partial charge in [-0.05, 0) is 44.7 Å². The van der Waals surface area contributed by atoms with Crippen molar-refractivity contribution in [2.45, 2.75) is 64.8 Å². The molecule has 0 aromatic carbocycles. The fraction of sp³-hybridized carbons (Fsp3) is 0.938. The number of carbonyl (C=O) groups excluding carboxylic acids is 1. The average Bonchev–Trinajstić information content (AvgIpc) is 2.40. The Morgan fingerprint density at radius 3 is 2.32 bits per heavy atom. The van der Waals surface area contributed by atoms with Crippen LogP contribution in [0.4, 0.5) is 0 Å². The Morgan fingerprint density at radius 1 is 1.11 bits per heavy atom. The van der Waals surface area contributed by atoms with Gasteiger partial charge in [-0.2, -0.15) is 0 Å². The Balaban J connectivity index is 1.69. The number of nitrogens with one attached hydrogen (secondary N) is 1. The van der Waals surface area contributed by atoms with Crippen molar-refractivity contribution in [1.29, 1.82) is 0 Å². The first-order valence-corrected chi connectivity index (χ1v) is 8.18. The minimum atomic E-state index is 0.269. The van der Waals surface area contributed by atoms with Crippen LogP contribution in [0.5, 0.6) is 0 Å². The number of hydrogen-bond acceptors (Lipinski definition) is 2. The van der Waals surface area contributed by atoms with Crippen LogP contribution in [0.15, 0.2) is 0 Å². The van der Waals surface area contributed by atoms with Crippen LogP contribution in [0.25, 0.3) is 0 Å². The summed E-state index contributed by atoms with van der Waals surface area (Å²) in [7, 11) is 0. The van der Waals surface area contributed by atoms with Crippen molar-refractivity contribution in [2.24, 2.45) is 11.8 Å². The van der Waals surface area contributed by atoms with Crippen LogP contribution in [-0.4, -0.2) is 36.5 Å². The first-order chi connectivity index (χ1) is 9.15. The number of carbonyl (C=O) groups is 1. The van der Waals surface area contributed by atoms with Gasteiger partial charge in [0.15, 0.2) is 0 Å². The highest BCUT2D eigenvalue weighted by atomic mass is 16.1. The second kappa shape index (κ2) is 7.28. The van der Waals surface area contributed by atoms with Crippen molar-refractivity contribution in [2.75, 3.05) is 19.6 Å². The van der Waals surface area contributed by atoms with Gasteiger partial charge >= 0.3 is 0 Å². The lowest BCUT2D eigenvalue weighted by Crippen LogP contribution is -2.44. The van der Waals surface area contributed by atoms with E-state index >= 15 is 0 Å². The maximum Gasteiger partial charge on any atom is 0.223 e. The standard InChI is InChI=1S/C16H30N2O/c1-13(2)12-18-10-8-14(9-11-18)16(19)17-15-6-4-3-5-7-15/h13-15H,3-12H2,1-2H3,(H,17,19). The van der Waals surface area contributed by atoms with Crippen LogP contribution < -0.4 is 5.32 Å². The molecule has 0 atom stereocenters. The molecule has 3 nitrogen and oxygen atoms in total. The first kappa shape index (κ1) is 14.8. The maximum absolute atomic E-state index is 12.3. The molecule has 2 rings (SSSR count). The summed E-state index contributed by atoms with van der Waals surface area (Å²) < 4.78 is 0. The van der Waals surface area contributed by atoms with Crippen LogP contribution in [0.2, 0.25) is 0 Å². The van der Waals surface area contributed by atoms with Gasteiger partial charge in [-0.1, -0.05) is 33.1 Å². The topological polar surface area (TPSA) is 32.3 Å². The molecule has 19 heavy (non-hydrogen) atoms. The summed E-state index contributed by atoms with van der Waals surface area (Å²) in [4.78, 5) is 14.8. The molecule has 0 aromatic heterocycles. The lowest BCUT2D eigenvalue weighted by Gasteiger charge is -2.33. The predicted molar refractivity (Wildman–Crippen MR) is 79.0 cm³/mol. The van der Waals surface area contributed by atoms with Gasteiger partial charge in [-0.25, -0.2) is 0 Å². The molecular formula is C16H30N2O. The molecule has 1 amide bonds. The average molecular weight is 266 g/mol. The monoisotopic (exact) mass is 266 g/mol. The fourth-order valence-electron chi connectivity index (χ4n) is 3.46. The van der Waals surface area contributed by atoms with E-state index in [-0.39, 0.29) is 5.92 Å². The van der Waals surface area contributed by atoms with E-state index < -0.39 is 0 Å². The van der Waals surface area contributed by atoms with E-state index in [0.29, 0.717) is 11.9 Å². The summed E-state index contributed by atoms with van der Waals surface area (Å²) in [5.41, 5.74) is 0. The highest BCUT2D eigenvalue weighted by molar-refractivity contribution is 5.79. The largest absolute Gasteiger partial charge is 0.353 e. The second-order valence-corrected chi connectivity index (χ2v) is 6.81. The molecule has 0 unspecified atom stereocenters. The van der Waals surface area contributed by atoms with Crippen LogP contribution in [0, 0.1) is 11.8 Å². The van der Waals surface area contributed by atoms with Crippen LogP contribution >= 0.6 is 0 Å². The van der Waals surface area contributed by atoms with Crippen molar-refractivity contribution in [3.63, 3.8) is 0 Å². The SMILES string of the molecule is CC(C)CN1CCC(C(=O)NC2CCCCC2)CC1. The Morgan fingerprint density at radius 2 is 1.74 bits per heavy atom. The molecule has 1 N–H and O–H groups in total. The number of likely N-dealkylation sites (tertiary alicyclic amines) is 1. The van der Waals surface area contributed by atoms with Crippen LogP contribution in [-0.2, 0) is 4.79 Å². The quantitative estimate of drug-likeness (QED) is 0.848. The number of rotatable bonds is 4. The number of hydrogen-bond donors (Lipinski definition) is 1. The summed E-state index contributed by atoms with van der Waals surface area (Å²) in [5.74, 6) is 1.33. The van der Waals surface area contributed by atoms with Gasteiger partial charge in [0.1, 0.15) is 0 Å². The third-order valence-corrected chi connectivity index (χ3v) is 4.53. The van der Waals surface area contributed by atoms with Gasteiger partial charge in [0.25, 0.3) is 0 Å². The summed E-state index contributed by atoms with van der Waals surface area (Å²) in [6, 6.07) is 0.468. The minimum absolute atomic E-state index is 0.269. The Hall–Kier alpha value is -0.570. The van der Waals surface area contributed by atoms with E-state index in [4.69, 9.17) is 0 Å². The summed E-state index contributed by atoms with van der Waals surface area (Å²) >= 11 is 0. The molecule has 0 aromatic rings. The predicted octanol–water partition coefficient (Wildman–Crippen LogP) is 2.80. The maximum atomic E-state index is 12.3.